The maximum Gasteiger partial charge on any atom is 0.144 e. The second-order valence-electron chi connectivity index (χ2n) is 22.5. The van der Waals surface area contributed by atoms with Crippen LogP contribution in [0.15, 0.2) is 306 Å². The highest BCUT2D eigenvalue weighted by Crippen LogP contribution is 2.65. The van der Waals surface area contributed by atoms with E-state index in [2.05, 4.69) is 302 Å². The molecule has 3 nitrogen and oxygen atoms in total. The molecule has 0 fully saturated rings. The van der Waals surface area contributed by atoms with E-state index < -0.39 is 10.8 Å². The lowest BCUT2D eigenvalue weighted by Crippen LogP contribution is -2.28. The number of nitrogens with zero attached hydrogens (tertiary/aromatic N) is 1. The van der Waals surface area contributed by atoms with Gasteiger partial charge in [0.25, 0.3) is 0 Å². The molecule has 0 aliphatic heterocycles. The Morgan fingerprint density at radius 3 is 1.46 bits per heavy atom. The zero-order valence-electron chi connectivity index (χ0n) is 45.1. The first-order valence-electron chi connectivity index (χ1n) is 28.7. The van der Waals surface area contributed by atoms with E-state index in [1.54, 1.807) is 0 Å². The van der Waals surface area contributed by atoms with Gasteiger partial charge in [-0.3, -0.25) is 0 Å². The molecule has 18 rings (SSSR count). The van der Waals surface area contributed by atoms with Gasteiger partial charge in [-0.2, -0.15) is 0 Å². The normalized spacial score (nSPS) is 13.7. The fraction of sp³-hybridized carbons (Fsp3) is 0.0250. The zero-order valence-corrected chi connectivity index (χ0v) is 45.1. The van der Waals surface area contributed by atoms with Crippen LogP contribution < -0.4 is 4.90 Å². The van der Waals surface area contributed by atoms with Crippen molar-refractivity contribution in [2.75, 3.05) is 4.90 Å². The Kier molecular flexibility index (Phi) is 9.64. The van der Waals surface area contributed by atoms with Crippen LogP contribution in [0.4, 0.5) is 17.1 Å². The molecule has 15 aromatic rings. The van der Waals surface area contributed by atoms with E-state index in [1.807, 2.05) is 0 Å². The molecule has 2 aromatic heterocycles. The molecule has 0 saturated heterocycles. The number of benzene rings is 13. The Hall–Kier alpha value is -10.7. The van der Waals surface area contributed by atoms with E-state index >= 15 is 0 Å². The van der Waals surface area contributed by atoms with Crippen molar-refractivity contribution in [3.8, 4) is 55.6 Å². The molecule has 2 heterocycles. The van der Waals surface area contributed by atoms with Crippen LogP contribution in [-0.2, 0) is 10.8 Å². The summed E-state index contributed by atoms with van der Waals surface area (Å²) in [5.41, 5.74) is 27.4. The fourth-order valence-corrected chi connectivity index (χ4v) is 15.3. The van der Waals surface area contributed by atoms with Gasteiger partial charge in [-0.1, -0.05) is 243 Å². The smallest absolute Gasteiger partial charge is 0.144 e. The third-order valence-electron chi connectivity index (χ3n) is 18.5. The van der Waals surface area contributed by atoms with Crippen LogP contribution in [0, 0.1) is 0 Å². The standard InChI is InChI=1S/C80H49NO2/c1-4-22-50(23-5-1)51-24-20-29-54(46-51)81(55-42-44-60-59-32-10-15-36-66(59)79(71(60)47-55,52-25-6-2-7-26-52)53-27-8-3-9-28-53)56-43-45-61-65-49-74-76(63-34-14-19-41-72(63)82-74)77(78(65)83-73(61)48-56)64-35-21-40-70-75(64)62-33-13-18-39-69(62)80(70)67-37-16-11-30-57(67)58-31-12-17-38-68(58)80/h1-49H. The number of anilines is 3. The summed E-state index contributed by atoms with van der Waals surface area (Å²) in [5, 5.41) is 4.13. The number of para-hydroxylation sites is 1. The van der Waals surface area contributed by atoms with Gasteiger partial charge < -0.3 is 13.7 Å². The number of hydrogen-bond acceptors (Lipinski definition) is 3. The monoisotopic (exact) mass is 1060 g/mol. The van der Waals surface area contributed by atoms with E-state index in [4.69, 9.17) is 8.83 Å². The Balaban J connectivity index is 0.892. The summed E-state index contributed by atoms with van der Waals surface area (Å²) in [7, 11) is 0. The SMILES string of the molecule is c1ccc(-c2cccc(N(c3ccc4c(c3)C(c3ccccc3)(c3ccccc3)c3ccccc3-4)c3ccc4c(c3)oc3c(-c5cccc6c5-c5ccccc5C65c6ccccc6-c6ccccc65)c5c(cc34)oc3ccccc35)c2)cc1. The molecule has 0 amide bonds. The minimum Gasteiger partial charge on any atom is -0.456 e. The van der Waals surface area contributed by atoms with Crippen LogP contribution in [0.5, 0.6) is 0 Å². The van der Waals surface area contributed by atoms with Crippen LogP contribution in [0.25, 0.3) is 99.5 Å². The molecule has 0 unspecified atom stereocenters. The van der Waals surface area contributed by atoms with Crippen molar-refractivity contribution in [1.82, 2.24) is 0 Å². The van der Waals surface area contributed by atoms with Crippen molar-refractivity contribution in [2.24, 2.45) is 0 Å². The van der Waals surface area contributed by atoms with Crippen LogP contribution in [0.2, 0.25) is 0 Å². The molecule has 3 aliphatic rings. The molecule has 0 radical (unpaired) electrons. The largest absolute Gasteiger partial charge is 0.456 e. The Morgan fingerprint density at radius 1 is 0.253 bits per heavy atom. The summed E-state index contributed by atoms with van der Waals surface area (Å²) in [6, 6.07) is 109. The van der Waals surface area contributed by atoms with Gasteiger partial charge in [-0.15, -0.1) is 0 Å². The summed E-state index contributed by atoms with van der Waals surface area (Å²) >= 11 is 0. The molecule has 0 saturated carbocycles. The highest BCUT2D eigenvalue weighted by atomic mass is 16.3. The Bertz CT molecular complexity index is 5080. The lowest BCUT2D eigenvalue weighted by atomic mass is 9.67. The van der Waals surface area contributed by atoms with E-state index in [9.17, 15) is 0 Å². The second kappa shape index (κ2) is 17.4. The van der Waals surface area contributed by atoms with Crippen LogP contribution >= 0.6 is 0 Å². The molecule has 386 valence electrons. The minimum absolute atomic E-state index is 0.507. The van der Waals surface area contributed by atoms with Crippen LogP contribution in [-0.4, -0.2) is 0 Å². The van der Waals surface area contributed by atoms with E-state index in [1.165, 1.54) is 77.9 Å². The summed E-state index contributed by atoms with van der Waals surface area (Å²) in [4.78, 5) is 2.42. The molecule has 0 bridgehead atoms. The molecule has 83 heavy (non-hydrogen) atoms. The Labute approximate surface area is 480 Å². The lowest BCUT2D eigenvalue weighted by molar-refractivity contribution is 0.664. The van der Waals surface area contributed by atoms with Gasteiger partial charge in [0.15, 0.2) is 0 Å². The highest BCUT2D eigenvalue weighted by molar-refractivity contribution is 6.25. The molecular formula is C80H49NO2. The van der Waals surface area contributed by atoms with Crippen molar-refractivity contribution in [3.63, 3.8) is 0 Å². The van der Waals surface area contributed by atoms with Gasteiger partial charge in [0.1, 0.15) is 22.3 Å². The van der Waals surface area contributed by atoms with Crippen molar-refractivity contribution < 1.29 is 8.83 Å². The summed E-state index contributed by atoms with van der Waals surface area (Å²) in [6.45, 7) is 0. The average molecular weight is 1060 g/mol. The first kappa shape index (κ1) is 46.1. The zero-order chi connectivity index (χ0) is 54.4. The minimum atomic E-state index is -0.579. The third kappa shape index (κ3) is 6.23. The maximum absolute atomic E-state index is 7.59. The molecular weight excluding hydrogens is 1010 g/mol. The molecule has 0 atom stereocenters. The molecule has 0 N–H and O–H groups in total. The number of hydrogen-bond donors (Lipinski definition) is 0. The van der Waals surface area contributed by atoms with Gasteiger partial charge in [0.05, 0.1) is 10.8 Å². The third-order valence-corrected chi connectivity index (χ3v) is 18.5. The van der Waals surface area contributed by atoms with E-state index in [0.29, 0.717) is 0 Å². The Morgan fingerprint density at radius 2 is 0.759 bits per heavy atom. The van der Waals surface area contributed by atoms with Gasteiger partial charge in [0, 0.05) is 50.2 Å². The van der Waals surface area contributed by atoms with Crippen molar-refractivity contribution in [3.05, 3.63) is 342 Å². The maximum atomic E-state index is 7.59. The molecule has 3 aliphatic carbocycles. The van der Waals surface area contributed by atoms with Crippen molar-refractivity contribution in [1.29, 1.82) is 0 Å². The van der Waals surface area contributed by atoms with Crippen molar-refractivity contribution >= 4 is 60.9 Å². The van der Waals surface area contributed by atoms with E-state index in [0.717, 1.165) is 83.2 Å². The van der Waals surface area contributed by atoms with E-state index in [-0.39, 0.29) is 0 Å². The quantitative estimate of drug-likeness (QED) is 0.159. The summed E-state index contributed by atoms with van der Waals surface area (Å²) in [6.07, 6.45) is 0. The number of furan rings is 2. The number of fused-ring (bicyclic) bond motifs is 19. The second-order valence-corrected chi connectivity index (χ2v) is 22.5. The fourth-order valence-electron chi connectivity index (χ4n) is 15.3. The molecule has 13 aromatic carbocycles. The summed E-state index contributed by atoms with van der Waals surface area (Å²) < 4.78 is 14.5. The van der Waals surface area contributed by atoms with Gasteiger partial charge >= 0.3 is 0 Å². The first-order valence-corrected chi connectivity index (χ1v) is 28.7. The molecule has 3 heteroatoms. The van der Waals surface area contributed by atoms with Gasteiger partial charge in [0.2, 0.25) is 0 Å². The van der Waals surface area contributed by atoms with Crippen LogP contribution in [0.1, 0.15) is 44.5 Å². The predicted molar refractivity (Wildman–Crippen MR) is 340 cm³/mol. The topological polar surface area (TPSA) is 29.5 Å². The van der Waals surface area contributed by atoms with Gasteiger partial charge in [-0.05, 0) is 143 Å². The molecule has 1 spiro atoms. The predicted octanol–water partition coefficient (Wildman–Crippen LogP) is 21.0. The highest BCUT2D eigenvalue weighted by Gasteiger charge is 2.52. The number of rotatable bonds is 7. The lowest BCUT2D eigenvalue weighted by Gasteiger charge is -2.35. The van der Waals surface area contributed by atoms with Crippen molar-refractivity contribution in [2.45, 2.75) is 10.8 Å². The van der Waals surface area contributed by atoms with Gasteiger partial charge in [-0.25, -0.2) is 0 Å². The summed E-state index contributed by atoms with van der Waals surface area (Å²) in [5.74, 6) is 0. The first-order chi connectivity index (χ1) is 41.2. The van der Waals surface area contributed by atoms with Crippen LogP contribution in [0.3, 0.4) is 0 Å². The average Bonchev–Trinajstić information content (AvgIpc) is 2.34.